The van der Waals surface area contributed by atoms with Crippen molar-refractivity contribution in [2.75, 3.05) is 39.6 Å². The number of unbranched alkanes of at least 4 members (excludes halogenated alkanes) is 50. The van der Waals surface area contributed by atoms with Crippen molar-refractivity contribution < 1.29 is 80.2 Å². The first-order valence-electron chi connectivity index (χ1n) is 42.5. The average molecular weight is 1480 g/mol. The fourth-order valence-corrected chi connectivity index (χ4v) is 14.3. The number of carbonyl (C=O) groups is 4. The van der Waals surface area contributed by atoms with Crippen molar-refractivity contribution >= 4 is 39.5 Å². The molecule has 0 radical (unpaired) electrons. The van der Waals surface area contributed by atoms with Crippen molar-refractivity contribution in [3.63, 3.8) is 0 Å². The standard InChI is InChI=1S/C82H160O17P2/c1-7-10-12-14-16-18-20-21-22-28-31-34-41-47-53-59-65-80(85)93-71-78(98-81(86)66-60-54-48-42-35-32-29-26-24-23-25-27-30-33-39-45-51-57-63-75(6)9-3)73-97-101(90,91)95-69-76(83)68-94-100(88,89)96-72-77(70-92-79(84)64-58-52-46-40-19-17-15-13-11-8-2)99-82(87)67-61-55-49-43-37-36-38-44-50-56-62-74(4)5/h74-78,83H,7-73H2,1-6H3,(H,88,89)(H,90,91)/t75?,76-,77+,78+/m0/s1. The van der Waals surface area contributed by atoms with Crippen molar-refractivity contribution in [1.82, 2.24) is 0 Å². The molecule has 0 aromatic carbocycles. The molecular formula is C82H160O17P2. The van der Waals surface area contributed by atoms with Gasteiger partial charge in [0.25, 0.3) is 0 Å². The molecule has 0 bridgehead atoms. The Bertz CT molecular complexity index is 1940. The summed E-state index contributed by atoms with van der Waals surface area (Å²) in [5, 5.41) is 10.6. The van der Waals surface area contributed by atoms with Crippen LogP contribution in [0.3, 0.4) is 0 Å². The van der Waals surface area contributed by atoms with Crippen LogP contribution in [0.25, 0.3) is 0 Å². The smallest absolute Gasteiger partial charge is 0.462 e. The summed E-state index contributed by atoms with van der Waals surface area (Å²) in [6, 6.07) is 0. The Morgan fingerprint density at radius 2 is 0.505 bits per heavy atom. The van der Waals surface area contributed by atoms with Gasteiger partial charge in [-0.3, -0.25) is 37.3 Å². The van der Waals surface area contributed by atoms with Gasteiger partial charge in [0, 0.05) is 25.7 Å². The van der Waals surface area contributed by atoms with Crippen molar-refractivity contribution in [3.8, 4) is 0 Å². The number of hydrogen-bond donors (Lipinski definition) is 3. The lowest BCUT2D eigenvalue weighted by Gasteiger charge is -2.21. The quantitative estimate of drug-likeness (QED) is 0.0222. The van der Waals surface area contributed by atoms with Gasteiger partial charge in [0.05, 0.1) is 26.4 Å². The summed E-state index contributed by atoms with van der Waals surface area (Å²) in [6.07, 6.45) is 63.8. The minimum atomic E-state index is -4.96. The minimum Gasteiger partial charge on any atom is -0.462 e. The lowest BCUT2D eigenvalue weighted by atomic mass is 9.99. The van der Waals surface area contributed by atoms with E-state index in [-0.39, 0.29) is 25.7 Å². The number of esters is 4. The van der Waals surface area contributed by atoms with Gasteiger partial charge in [-0.1, -0.05) is 382 Å². The molecular weight excluding hydrogens is 1320 g/mol. The largest absolute Gasteiger partial charge is 0.472 e. The van der Waals surface area contributed by atoms with E-state index < -0.39 is 97.5 Å². The molecule has 0 fully saturated rings. The summed E-state index contributed by atoms with van der Waals surface area (Å²) in [5.74, 6) is -0.484. The average Bonchev–Trinajstić information content (AvgIpc) is 0.939. The normalized spacial score (nSPS) is 14.2. The maximum Gasteiger partial charge on any atom is 0.472 e. The van der Waals surface area contributed by atoms with E-state index in [1.54, 1.807) is 0 Å². The SMILES string of the molecule is CCCCCCCCCCCCCCCCCCC(=O)OC[C@H](COP(=O)(O)OC[C@@H](O)COP(=O)(O)OC[C@@H](COC(=O)CCCCCCCCCCCC)OC(=O)CCCCCCCCCCCCC(C)C)OC(=O)CCCCCCCCCCCCCCCCCCCCC(C)CC. The fourth-order valence-electron chi connectivity index (χ4n) is 12.7. The van der Waals surface area contributed by atoms with Gasteiger partial charge < -0.3 is 33.8 Å². The highest BCUT2D eigenvalue weighted by Gasteiger charge is 2.30. The Balaban J connectivity index is 5.21. The third-order valence-electron chi connectivity index (χ3n) is 19.6. The van der Waals surface area contributed by atoms with Gasteiger partial charge in [0.1, 0.15) is 19.3 Å². The number of carbonyl (C=O) groups excluding carboxylic acids is 4. The van der Waals surface area contributed by atoms with Crippen LogP contribution in [0.4, 0.5) is 0 Å². The lowest BCUT2D eigenvalue weighted by molar-refractivity contribution is -0.161. The van der Waals surface area contributed by atoms with Gasteiger partial charge in [-0.25, -0.2) is 9.13 Å². The molecule has 0 spiro atoms. The van der Waals surface area contributed by atoms with Crippen LogP contribution in [0.1, 0.15) is 433 Å². The molecule has 19 heteroatoms. The summed E-state index contributed by atoms with van der Waals surface area (Å²) in [6.45, 7) is 9.69. The molecule has 0 rings (SSSR count). The van der Waals surface area contributed by atoms with E-state index in [0.717, 1.165) is 102 Å². The maximum atomic E-state index is 13.1. The first kappa shape index (κ1) is 99.1. The molecule has 3 unspecified atom stereocenters. The first-order valence-corrected chi connectivity index (χ1v) is 45.5. The molecule has 17 nitrogen and oxygen atoms in total. The molecule has 101 heavy (non-hydrogen) atoms. The van der Waals surface area contributed by atoms with Crippen molar-refractivity contribution in [3.05, 3.63) is 0 Å². The van der Waals surface area contributed by atoms with Gasteiger partial charge in [-0.15, -0.1) is 0 Å². The molecule has 600 valence electrons. The molecule has 0 aromatic heterocycles. The zero-order valence-electron chi connectivity index (χ0n) is 66.2. The Labute approximate surface area is 619 Å². The highest BCUT2D eigenvalue weighted by Crippen LogP contribution is 2.45. The van der Waals surface area contributed by atoms with Crippen molar-refractivity contribution in [2.45, 2.75) is 452 Å². The third-order valence-corrected chi connectivity index (χ3v) is 21.5. The number of phosphoric acid groups is 2. The van der Waals surface area contributed by atoms with E-state index in [0.29, 0.717) is 25.7 Å². The number of rotatable bonds is 81. The maximum absolute atomic E-state index is 13.1. The highest BCUT2D eigenvalue weighted by atomic mass is 31.2. The van der Waals surface area contributed by atoms with Crippen LogP contribution >= 0.6 is 15.6 Å². The molecule has 0 saturated heterocycles. The summed E-state index contributed by atoms with van der Waals surface area (Å²) in [4.78, 5) is 73.0. The topological polar surface area (TPSA) is 237 Å². The lowest BCUT2D eigenvalue weighted by Crippen LogP contribution is -2.30. The first-order chi connectivity index (χ1) is 48.9. The zero-order valence-corrected chi connectivity index (χ0v) is 68.0. The second-order valence-electron chi connectivity index (χ2n) is 30.2. The van der Waals surface area contributed by atoms with Crippen LogP contribution in [-0.4, -0.2) is 96.7 Å². The van der Waals surface area contributed by atoms with Crippen LogP contribution in [0.5, 0.6) is 0 Å². The van der Waals surface area contributed by atoms with E-state index in [9.17, 15) is 43.2 Å². The predicted octanol–water partition coefficient (Wildman–Crippen LogP) is 24.7. The Hall–Kier alpha value is -1.94. The summed E-state index contributed by atoms with van der Waals surface area (Å²) < 4.78 is 68.7. The van der Waals surface area contributed by atoms with Crippen LogP contribution in [0.15, 0.2) is 0 Å². The van der Waals surface area contributed by atoms with E-state index in [4.69, 9.17) is 37.0 Å². The number of phosphoric ester groups is 2. The van der Waals surface area contributed by atoms with Gasteiger partial charge in [-0.2, -0.15) is 0 Å². The third kappa shape index (κ3) is 74.7. The van der Waals surface area contributed by atoms with Crippen molar-refractivity contribution in [1.29, 1.82) is 0 Å². The molecule has 6 atom stereocenters. The molecule has 0 amide bonds. The number of ether oxygens (including phenoxy) is 4. The molecule has 0 aliphatic rings. The van der Waals surface area contributed by atoms with Crippen LogP contribution in [0.2, 0.25) is 0 Å². The molecule has 0 aromatic rings. The monoisotopic (exact) mass is 1480 g/mol. The van der Waals surface area contributed by atoms with Crippen LogP contribution in [0, 0.1) is 11.8 Å². The van der Waals surface area contributed by atoms with Gasteiger partial charge >= 0.3 is 39.5 Å². The van der Waals surface area contributed by atoms with E-state index >= 15 is 0 Å². The summed E-state index contributed by atoms with van der Waals surface area (Å²) in [5.41, 5.74) is 0. The second-order valence-corrected chi connectivity index (χ2v) is 33.1. The molecule has 0 aliphatic carbocycles. The van der Waals surface area contributed by atoms with E-state index in [1.807, 2.05) is 0 Å². The molecule has 0 saturated carbocycles. The highest BCUT2D eigenvalue weighted by molar-refractivity contribution is 7.47. The van der Waals surface area contributed by atoms with Gasteiger partial charge in [0.2, 0.25) is 0 Å². The summed E-state index contributed by atoms with van der Waals surface area (Å²) in [7, 11) is -9.92. The van der Waals surface area contributed by atoms with Gasteiger partial charge in [0.15, 0.2) is 12.2 Å². The second kappa shape index (κ2) is 73.6. The predicted molar refractivity (Wildman–Crippen MR) is 414 cm³/mol. The number of aliphatic hydroxyl groups is 1. The fraction of sp³-hybridized carbons (Fsp3) is 0.951. The molecule has 3 N–H and O–H groups in total. The molecule has 0 heterocycles. The number of aliphatic hydroxyl groups excluding tert-OH is 1. The van der Waals surface area contributed by atoms with Crippen LogP contribution in [-0.2, 0) is 65.4 Å². The zero-order chi connectivity index (χ0) is 74.2. The van der Waals surface area contributed by atoms with E-state index in [1.165, 1.54) is 250 Å². The van der Waals surface area contributed by atoms with Crippen molar-refractivity contribution in [2.24, 2.45) is 11.8 Å². The summed E-state index contributed by atoms with van der Waals surface area (Å²) >= 11 is 0. The van der Waals surface area contributed by atoms with Gasteiger partial charge in [-0.05, 0) is 37.5 Å². The molecule has 0 aliphatic heterocycles. The Morgan fingerprint density at radius 3 is 0.752 bits per heavy atom. The van der Waals surface area contributed by atoms with Crippen LogP contribution < -0.4 is 0 Å². The Morgan fingerprint density at radius 1 is 0.287 bits per heavy atom. The minimum absolute atomic E-state index is 0.106. The number of hydrogen-bond acceptors (Lipinski definition) is 15. The van der Waals surface area contributed by atoms with E-state index in [2.05, 4.69) is 41.5 Å². The Kier molecular flexibility index (Phi) is 72.2.